The number of hydrogen-bond acceptors (Lipinski definition) is 3. The molecule has 3 rings (SSSR count). The molecule has 1 heterocycles. The third kappa shape index (κ3) is 4.32. The number of nitrogens with one attached hydrogen (secondary N) is 1. The second-order valence-corrected chi connectivity index (χ2v) is 6.42. The predicted octanol–water partition coefficient (Wildman–Crippen LogP) is 4.22. The highest BCUT2D eigenvalue weighted by atomic mass is 35.5. The summed E-state index contributed by atoms with van der Waals surface area (Å²) in [5, 5.41) is 2.60. The van der Waals surface area contributed by atoms with E-state index in [4.69, 9.17) is 16.3 Å². The van der Waals surface area contributed by atoms with Crippen LogP contribution in [0.15, 0.2) is 48.5 Å². The second kappa shape index (κ2) is 8.19. The average molecular weight is 377 g/mol. The Morgan fingerprint density at radius 1 is 1.23 bits per heavy atom. The summed E-state index contributed by atoms with van der Waals surface area (Å²) in [6, 6.07) is 12.6. The van der Waals surface area contributed by atoms with Gasteiger partial charge in [-0.2, -0.15) is 0 Å². The molecule has 1 N–H and O–H groups in total. The Hall–Kier alpha value is -2.60. The van der Waals surface area contributed by atoms with Gasteiger partial charge in [-0.05, 0) is 36.6 Å². The van der Waals surface area contributed by atoms with Gasteiger partial charge >= 0.3 is 6.09 Å². The first-order valence-electron chi connectivity index (χ1n) is 8.28. The summed E-state index contributed by atoms with van der Waals surface area (Å²) in [5.74, 6) is -0.904. The molecule has 136 valence electrons. The number of amides is 2. The van der Waals surface area contributed by atoms with Crippen molar-refractivity contribution in [2.45, 2.75) is 25.5 Å². The molecular formula is C19H18ClFN2O3. The zero-order chi connectivity index (χ0) is 18.5. The van der Waals surface area contributed by atoms with Crippen LogP contribution in [0.25, 0.3) is 0 Å². The summed E-state index contributed by atoms with van der Waals surface area (Å²) < 4.78 is 18.5. The van der Waals surface area contributed by atoms with E-state index in [1.54, 1.807) is 0 Å². The molecule has 5 nitrogen and oxygen atoms in total. The van der Waals surface area contributed by atoms with Gasteiger partial charge in [-0.25, -0.2) is 9.18 Å². The maximum absolute atomic E-state index is 13.2. The summed E-state index contributed by atoms with van der Waals surface area (Å²) in [6.07, 6.45) is 0.729. The van der Waals surface area contributed by atoms with Gasteiger partial charge in [0.2, 0.25) is 5.91 Å². The molecule has 0 saturated carbocycles. The van der Waals surface area contributed by atoms with E-state index in [9.17, 15) is 14.0 Å². The fourth-order valence-corrected chi connectivity index (χ4v) is 3.04. The maximum atomic E-state index is 13.2. The van der Waals surface area contributed by atoms with E-state index in [2.05, 4.69) is 5.32 Å². The van der Waals surface area contributed by atoms with Crippen LogP contribution >= 0.6 is 11.6 Å². The summed E-state index contributed by atoms with van der Waals surface area (Å²) in [5.41, 5.74) is 1.26. The first kappa shape index (κ1) is 18.2. The number of likely N-dealkylation sites (tertiary alicyclic amines) is 1. The van der Waals surface area contributed by atoms with Crippen LogP contribution in [-0.4, -0.2) is 29.5 Å². The molecule has 1 saturated heterocycles. The molecule has 0 unspecified atom stereocenters. The van der Waals surface area contributed by atoms with Gasteiger partial charge in [-0.1, -0.05) is 41.9 Å². The number of benzene rings is 2. The smallest absolute Gasteiger partial charge is 0.410 e. The summed E-state index contributed by atoms with van der Waals surface area (Å²) in [6.45, 7) is 0.605. The van der Waals surface area contributed by atoms with Gasteiger partial charge in [0.05, 0.1) is 5.02 Å². The van der Waals surface area contributed by atoms with Gasteiger partial charge in [0, 0.05) is 12.2 Å². The normalized spacial score (nSPS) is 16.4. The Labute approximate surface area is 155 Å². The van der Waals surface area contributed by atoms with Gasteiger partial charge < -0.3 is 10.1 Å². The average Bonchev–Trinajstić information content (AvgIpc) is 3.14. The first-order chi connectivity index (χ1) is 12.5. The lowest BCUT2D eigenvalue weighted by molar-refractivity contribution is -0.120. The van der Waals surface area contributed by atoms with Crippen LogP contribution < -0.4 is 5.32 Å². The highest BCUT2D eigenvalue weighted by Crippen LogP contribution is 2.23. The minimum Gasteiger partial charge on any atom is -0.445 e. The molecule has 1 aliphatic heterocycles. The van der Waals surface area contributed by atoms with Crippen LogP contribution in [0.3, 0.4) is 0 Å². The fraction of sp³-hybridized carbons (Fsp3) is 0.263. The third-order valence-corrected chi connectivity index (χ3v) is 4.47. The Bertz CT molecular complexity index is 801. The van der Waals surface area contributed by atoms with Gasteiger partial charge in [-0.15, -0.1) is 0 Å². The maximum Gasteiger partial charge on any atom is 0.410 e. The van der Waals surface area contributed by atoms with E-state index in [-0.39, 0.29) is 17.5 Å². The Kier molecular flexibility index (Phi) is 5.73. The topological polar surface area (TPSA) is 58.6 Å². The molecule has 1 fully saturated rings. The third-order valence-electron chi connectivity index (χ3n) is 4.18. The molecule has 2 aromatic rings. The van der Waals surface area contributed by atoms with Gasteiger partial charge in [0.25, 0.3) is 0 Å². The van der Waals surface area contributed by atoms with E-state index in [0.29, 0.717) is 25.1 Å². The van der Waals surface area contributed by atoms with Gasteiger partial charge in [0.1, 0.15) is 18.5 Å². The molecular weight excluding hydrogens is 359 g/mol. The van der Waals surface area contributed by atoms with Crippen LogP contribution in [0.1, 0.15) is 18.4 Å². The molecule has 1 atom stereocenters. The minimum atomic E-state index is -0.623. The molecule has 7 heteroatoms. The van der Waals surface area contributed by atoms with Crippen molar-refractivity contribution in [3.05, 3.63) is 64.9 Å². The standard InChI is InChI=1S/C19H18ClFN2O3/c20-15-11-14(8-9-16(15)21)22-18(24)17-7-4-10-23(17)19(25)26-12-13-5-2-1-3-6-13/h1-3,5-6,8-9,11,17H,4,7,10,12H2,(H,22,24)/t17-/m1/s1. The van der Waals surface area contributed by atoms with E-state index in [0.717, 1.165) is 5.56 Å². The highest BCUT2D eigenvalue weighted by molar-refractivity contribution is 6.31. The van der Waals surface area contributed by atoms with Crippen molar-refractivity contribution in [1.82, 2.24) is 4.90 Å². The minimum absolute atomic E-state index is 0.0756. The molecule has 0 bridgehead atoms. The van der Waals surface area contributed by atoms with Crippen molar-refractivity contribution in [1.29, 1.82) is 0 Å². The quantitative estimate of drug-likeness (QED) is 0.869. The number of ether oxygens (including phenoxy) is 1. The van der Waals surface area contributed by atoms with E-state index in [1.807, 2.05) is 30.3 Å². The summed E-state index contributed by atoms with van der Waals surface area (Å²) >= 11 is 5.72. The second-order valence-electron chi connectivity index (χ2n) is 6.01. The molecule has 26 heavy (non-hydrogen) atoms. The van der Waals surface area contributed by atoms with Crippen molar-refractivity contribution in [3.8, 4) is 0 Å². The van der Waals surface area contributed by atoms with Crippen LogP contribution in [0, 0.1) is 5.82 Å². The van der Waals surface area contributed by atoms with E-state index in [1.165, 1.54) is 23.1 Å². The SMILES string of the molecule is O=C(Nc1ccc(F)c(Cl)c1)[C@H]1CCCN1C(=O)OCc1ccccc1. The lowest BCUT2D eigenvalue weighted by atomic mass is 10.2. The van der Waals surface area contributed by atoms with Crippen LogP contribution in [-0.2, 0) is 16.1 Å². The molecule has 0 spiro atoms. The molecule has 2 aromatic carbocycles. The number of hydrogen-bond donors (Lipinski definition) is 1. The Morgan fingerprint density at radius 3 is 2.73 bits per heavy atom. The highest BCUT2D eigenvalue weighted by Gasteiger charge is 2.35. The van der Waals surface area contributed by atoms with Crippen LogP contribution in [0.4, 0.5) is 14.9 Å². The number of carbonyl (C=O) groups excluding carboxylic acids is 2. The van der Waals surface area contributed by atoms with E-state index >= 15 is 0 Å². The number of nitrogens with zero attached hydrogens (tertiary/aromatic N) is 1. The number of halogens is 2. The van der Waals surface area contributed by atoms with Crippen molar-refractivity contribution >= 4 is 29.3 Å². The Balaban J connectivity index is 1.60. The zero-order valence-corrected chi connectivity index (χ0v) is 14.7. The molecule has 0 aliphatic carbocycles. The van der Waals surface area contributed by atoms with Crippen molar-refractivity contribution in [2.75, 3.05) is 11.9 Å². The van der Waals surface area contributed by atoms with Gasteiger partial charge in [0.15, 0.2) is 0 Å². The zero-order valence-electron chi connectivity index (χ0n) is 14.0. The Morgan fingerprint density at radius 2 is 2.00 bits per heavy atom. The molecule has 1 aliphatic rings. The van der Waals surface area contributed by atoms with Gasteiger partial charge in [-0.3, -0.25) is 9.69 Å². The predicted molar refractivity (Wildman–Crippen MR) is 96.4 cm³/mol. The van der Waals surface area contributed by atoms with E-state index < -0.39 is 18.0 Å². The van der Waals surface area contributed by atoms with Crippen molar-refractivity contribution in [2.24, 2.45) is 0 Å². The number of rotatable bonds is 4. The summed E-state index contributed by atoms with van der Waals surface area (Å²) in [7, 11) is 0. The largest absolute Gasteiger partial charge is 0.445 e. The monoisotopic (exact) mass is 376 g/mol. The number of carbonyl (C=O) groups is 2. The van der Waals surface area contributed by atoms with Crippen molar-refractivity contribution < 1.29 is 18.7 Å². The van der Waals surface area contributed by atoms with Crippen LogP contribution in [0.2, 0.25) is 5.02 Å². The molecule has 0 radical (unpaired) electrons. The number of anilines is 1. The first-order valence-corrected chi connectivity index (χ1v) is 8.65. The summed E-state index contributed by atoms with van der Waals surface area (Å²) in [4.78, 5) is 26.3. The van der Waals surface area contributed by atoms with Crippen molar-refractivity contribution in [3.63, 3.8) is 0 Å². The molecule has 0 aromatic heterocycles. The molecule has 2 amide bonds. The fourth-order valence-electron chi connectivity index (χ4n) is 2.86. The van der Waals surface area contributed by atoms with Crippen LogP contribution in [0.5, 0.6) is 0 Å². The lowest BCUT2D eigenvalue weighted by Crippen LogP contribution is -2.43. The lowest BCUT2D eigenvalue weighted by Gasteiger charge is -2.23.